The van der Waals surface area contributed by atoms with E-state index in [1.807, 2.05) is 26.0 Å². The van der Waals surface area contributed by atoms with Gasteiger partial charge in [-0.25, -0.2) is 9.98 Å². The standard InChI is InChI=1S/C12H16N2S/c1-9(2)14-8-13-7-11-10(3)5-4-6-12(11)15/h4-6,9,15H,7H2,1-3H3. The molecular weight excluding hydrogens is 204 g/mol. The number of hydrogen-bond donors (Lipinski definition) is 1. The second-order valence-corrected chi connectivity index (χ2v) is 4.19. The number of benzene rings is 1. The average Bonchev–Trinajstić information content (AvgIpc) is 2.15. The summed E-state index contributed by atoms with van der Waals surface area (Å²) in [6.07, 6.45) is 0. The molecule has 0 amide bonds. The quantitative estimate of drug-likeness (QED) is 0.597. The van der Waals surface area contributed by atoms with Crippen LogP contribution >= 0.6 is 12.6 Å². The molecule has 0 N–H and O–H groups in total. The number of aliphatic imine (C=N–C) groups is 2. The number of thiol groups is 1. The summed E-state index contributed by atoms with van der Waals surface area (Å²) < 4.78 is 0. The topological polar surface area (TPSA) is 24.7 Å². The van der Waals surface area contributed by atoms with E-state index in [-0.39, 0.29) is 6.04 Å². The number of rotatable bonds is 3. The van der Waals surface area contributed by atoms with Crippen LogP contribution in [0.5, 0.6) is 0 Å². The van der Waals surface area contributed by atoms with Gasteiger partial charge in [-0.2, -0.15) is 0 Å². The van der Waals surface area contributed by atoms with Gasteiger partial charge in [-0.3, -0.25) is 0 Å². The minimum atomic E-state index is 0.251. The van der Waals surface area contributed by atoms with Crippen molar-refractivity contribution in [3.63, 3.8) is 0 Å². The van der Waals surface area contributed by atoms with Gasteiger partial charge in [0.15, 0.2) is 0 Å². The van der Waals surface area contributed by atoms with Gasteiger partial charge < -0.3 is 0 Å². The summed E-state index contributed by atoms with van der Waals surface area (Å²) in [6, 6.07) is 8.98. The predicted octanol–water partition coefficient (Wildman–Crippen LogP) is 3.37. The molecule has 1 rings (SSSR count). The molecule has 0 aliphatic heterocycles. The van der Waals surface area contributed by atoms with Crippen molar-refractivity contribution in [1.29, 1.82) is 0 Å². The van der Waals surface area contributed by atoms with Crippen LogP contribution < -0.4 is 0 Å². The summed E-state index contributed by atoms with van der Waals surface area (Å²) in [7, 11) is 0. The first-order chi connectivity index (χ1) is 7.11. The zero-order valence-electron chi connectivity index (χ0n) is 9.36. The van der Waals surface area contributed by atoms with E-state index < -0.39 is 0 Å². The van der Waals surface area contributed by atoms with E-state index in [4.69, 9.17) is 0 Å². The number of hydrogen-bond acceptors (Lipinski definition) is 3. The molecule has 0 heterocycles. The molecule has 0 bridgehead atoms. The first-order valence-corrected chi connectivity index (χ1v) is 5.44. The molecule has 0 atom stereocenters. The smallest absolute Gasteiger partial charge is 0.0898 e. The Morgan fingerprint density at radius 2 is 2.13 bits per heavy atom. The van der Waals surface area contributed by atoms with Crippen molar-refractivity contribution >= 4 is 18.6 Å². The summed E-state index contributed by atoms with van der Waals surface area (Å²) in [5.41, 5.74) is 2.35. The molecule has 3 heteroatoms. The summed E-state index contributed by atoms with van der Waals surface area (Å²) in [6.45, 7) is 6.66. The predicted molar refractivity (Wildman–Crippen MR) is 67.1 cm³/mol. The van der Waals surface area contributed by atoms with Crippen LogP contribution in [0.2, 0.25) is 0 Å². The molecule has 0 fully saturated rings. The molecule has 0 aliphatic rings. The second kappa shape index (κ2) is 5.74. The Kier molecular flexibility index (Phi) is 4.60. The van der Waals surface area contributed by atoms with E-state index in [1.165, 1.54) is 5.56 Å². The van der Waals surface area contributed by atoms with E-state index >= 15 is 0 Å². The van der Waals surface area contributed by atoms with Crippen LogP contribution in [0.1, 0.15) is 25.0 Å². The highest BCUT2D eigenvalue weighted by atomic mass is 32.1. The van der Waals surface area contributed by atoms with Crippen molar-refractivity contribution in [2.75, 3.05) is 0 Å². The third-order valence-corrected chi connectivity index (χ3v) is 2.43. The van der Waals surface area contributed by atoms with Gasteiger partial charge in [0.2, 0.25) is 0 Å². The van der Waals surface area contributed by atoms with Crippen LogP contribution in [0, 0.1) is 6.92 Å². The van der Waals surface area contributed by atoms with Gasteiger partial charge in [-0.05, 0) is 38.0 Å². The maximum atomic E-state index is 4.39. The Labute approximate surface area is 96.6 Å². The molecule has 0 saturated carbocycles. The van der Waals surface area contributed by atoms with Crippen molar-refractivity contribution in [2.45, 2.75) is 38.3 Å². The lowest BCUT2D eigenvalue weighted by Crippen LogP contribution is -1.89. The van der Waals surface area contributed by atoms with Crippen LogP contribution in [0.15, 0.2) is 33.1 Å². The van der Waals surface area contributed by atoms with Crippen LogP contribution in [0.3, 0.4) is 0 Å². The fourth-order valence-electron chi connectivity index (χ4n) is 1.16. The third kappa shape index (κ3) is 3.90. The Balaban J connectivity index is 2.78. The van der Waals surface area contributed by atoms with Gasteiger partial charge in [0.05, 0.1) is 18.6 Å². The zero-order chi connectivity index (χ0) is 11.3. The summed E-state index contributed by atoms with van der Waals surface area (Å²) >= 11 is 4.39. The van der Waals surface area contributed by atoms with Crippen LogP contribution in [-0.2, 0) is 6.54 Å². The highest BCUT2D eigenvalue weighted by Gasteiger charge is 2.00. The summed E-state index contributed by atoms with van der Waals surface area (Å²) in [5, 5.41) is 0. The summed E-state index contributed by atoms with van der Waals surface area (Å²) in [5.74, 6) is 0. The largest absolute Gasteiger partial charge is 0.223 e. The average molecular weight is 220 g/mol. The molecule has 0 spiro atoms. The summed E-state index contributed by atoms with van der Waals surface area (Å²) in [4.78, 5) is 9.17. The number of nitrogens with zero attached hydrogens (tertiary/aromatic N) is 2. The van der Waals surface area contributed by atoms with Gasteiger partial charge in [0.25, 0.3) is 0 Å². The van der Waals surface area contributed by atoms with E-state index in [9.17, 15) is 0 Å². The molecule has 0 aromatic heterocycles. The highest BCUT2D eigenvalue weighted by molar-refractivity contribution is 7.80. The SMILES string of the molecule is Cc1cccc(S)c1CN=C=NC(C)C. The molecular formula is C12H16N2S. The van der Waals surface area contributed by atoms with Crippen LogP contribution in [0.25, 0.3) is 0 Å². The van der Waals surface area contributed by atoms with Gasteiger partial charge >= 0.3 is 0 Å². The van der Waals surface area contributed by atoms with Crippen molar-refractivity contribution in [3.8, 4) is 0 Å². The van der Waals surface area contributed by atoms with Crippen molar-refractivity contribution in [1.82, 2.24) is 0 Å². The van der Waals surface area contributed by atoms with E-state index in [1.54, 1.807) is 0 Å². The number of aryl methyl sites for hydroxylation is 1. The molecule has 0 saturated heterocycles. The van der Waals surface area contributed by atoms with Crippen LogP contribution in [0.4, 0.5) is 0 Å². The molecule has 1 aromatic carbocycles. The minimum Gasteiger partial charge on any atom is -0.223 e. The molecule has 80 valence electrons. The monoisotopic (exact) mass is 220 g/mol. The Hall–Kier alpha value is -1.05. The van der Waals surface area contributed by atoms with Gasteiger partial charge in [-0.1, -0.05) is 12.1 Å². The van der Waals surface area contributed by atoms with Gasteiger partial charge in [-0.15, -0.1) is 12.6 Å². The van der Waals surface area contributed by atoms with E-state index in [0.717, 1.165) is 10.5 Å². The molecule has 0 radical (unpaired) electrons. The molecule has 2 nitrogen and oxygen atoms in total. The first kappa shape index (κ1) is 12.0. The Bertz CT molecular complexity index is 370. The van der Waals surface area contributed by atoms with E-state index in [0.29, 0.717) is 6.54 Å². The first-order valence-electron chi connectivity index (χ1n) is 5.00. The maximum absolute atomic E-state index is 4.39. The van der Waals surface area contributed by atoms with Crippen molar-refractivity contribution < 1.29 is 0 Å². The van der Waals surface area contributed by atoms with Crippen molar-refractivity contribution in [3.05, 3.63) is 29.3 Å². The minimum absolute atomic E-state index is 0.251. The zero-order valence-corrected chi connectivity index (χ0v) is 10.3. The lowest BCUT2D eigenvalue weighted by Gasteiger charge is -2.04. The lowest BCUT2D eigenvalue weighted by atomic mass is 10.1. The fraction of sp³-hybridized carbons (Fsp3) is 0.417. The highest BCUT2D eigenvalue weighted by Crippen LogP contribution is 2.18. The van der Waals surface area contributed by atoms with E-state index in [2.05, 4.69) is 41.6 Å². The fourth-order valence-corrected chi connectivity index (χ4v) is 1.50. The lowest BCUT2D eigenvalue weighted by molar-refractivity contribution is 0.839. The second-order valence-electron chi connectivity index (χ2n) is 3.71. The Morgan fingerprint density at radius 3 is 2.73 bits per heavy atom. The maximum Gasteiger partial charge on any atom is 0.0898 e. The third-order valence-electron chi connectivity index (χ3n) is 2.01. The van der Waals surface area contributed by atoms with Crippen LogP contribution in [-0.4, -0.2) is 12.1 Å². The Morgan fingerprint density at radius 1 is 1.40 bits per heavy atom. The normalized spacial score (nSPS) is 9.93. The van der Waals surface area contributed by atoms with Gasteiger partial charge in [0, 0.05) is 4.90 Å². The molecule has 0 unspecified atom stereocenters. The van der Waals surface area contributed by atoms with Crippen molar-refractivity contribution in [2.24, 2.45) is 9.98 Å². The molecule has 0 aliphatic carbocycles. The van der Waals surface area contributed by atoms with Gasteiger partial charge in [0.1, 0.15) is 0 Å². The molecule has 15 heavy (non-hydrogen) atoms. The molecule has 1 aromatic rings.